The summed E-state index contributed by atoms with van der Waals surface area (Å²) in [5.74, 6) is 1.67. The van der Waals surface area contributed by atoms with Crippen molar-refractivity contribution in [3.05, 3.63) is 0 Å². The van der Waals surface area contributed by atoms with Crippen LogP contribution in [0.15, 0.2) is 0 Å². The first-order valence-corrected chi connectivity index (χ1v) is 8.44. The average molecular weight is 261 g/mol. The van der Waals surface area contributed by atoms with Crippen molar-refractivity contribution < 1.29 is 0 Å². The minimum absolute atomic E-state index is 0.791. The fourth-order valence-corrected chi connectivity index (χ4v) is 2.68. The number of unbranched alkanes of at least 4 members (excludes halogenated alkanes) is 8. The second kappa shape index (κ2) is 14.4. The molecule has 1 atom stereocenters. The molecule has 0 heterocycles. The highest BCUT2D eigenvalue weighted by Crippen LogP contribution is 2.19. The first-order valence-electron chi connectivity index (χ1n) is 7.91. The number of hydrogen-bond acceptors (Lipinski definition) is 0. The SMILES string of the molecule is CCCCCCCCC(CCl)CCCCCC. The van der Waals surface area contributed by atoms with Gasteiger partial charge in [-0.1, -0.05) is 78.1 Å². The smallest absolute Gasteiger partial charge is 0.0251 e. The highest BCUT2D eigenvalue weighted by atomic mass is 35.5. The van der Waals surface area contributed by atoms with Gasteiger partial charge in [-0.05, 0) is 18.8 Å². The monoisotopic (exact) mass is 260 g/mol. The fraction of sp³-hybridized carbons (Fsp3) is 1.00. The lowest BCUT2D eigenvalue weighted by molar-refractivity contribution is 0.438. The van der Waals surface area contributed by atoms with E-state index in [2.05, 4.69) is 13.8 Å². The van der Waals surface area contributed by atoms with Gasteiger partial charge in [0.15, 0.2) is 0 Å². The summed E-state index contributed by atoms with van der Waals surface area (Å²) >= 11 is 6.04. The van der Waals surface area contributed by atoms with Crippen LogP contribution in [0.5, 0.6) is 0 Å². The molecule has 0 bridgehead atoms. The Bertz CT molecular complexity index is 133. The zero-order valence-electron chi connectivity index (χ0n) is 12.1. The molecular formula is C16H33Cl. The lowest BCUT2D eigenvalue weighted by atomic mass is 9.96. The molecule has 1 heteroatoms. The van der Waals surface area contributed by atoms with Gasteiger partial charge in [0, 0.05) is 5.88 Å². The second-order valence-corrected chi connectivity index (χ2v) is 5.73. The van der Waals surface area contributed by atoms with Gasteiger partial charge in [-0.25, -0.2) is 0 Å². The molecule has 0 aliphatic rings. The molecule has 0 aromatic carbocycles. The molecule has 0 saturated heterocycles. The molecule has 17 heavy (non-hydrogen) atoms. The topological polar surface area (TPSA) is 0 Å². The normalized spacial score (nSPS) is 12.9. The first kappa shape index (κ1) is 17.3. The Labute approximate surface area is 115 Å². The summed E-state index contributed by atoms with van der Waals surface area (Å²) in [5, 5.41) is 0. The summed E-state index contributed by atoms with van der Waals surface area (Å²) in [6.45, 7) is 4.55. The summed E-state index contributed by atoms with van der Waals surface area (Å²) in [7, 11) is 0. The zero-order valence-corrected chi connectivity index (χ0v) is 12.9. The number of rotatable bonds is 13. The van der Waals surface area contributed by atoms with Crippen molar-refractivity contribution in [3.63, 3.8) is 0 Å². The van der Waals surface area contributed by atoms with Gasteiger partial charge in [0.05, 0.1) is 0 Å². The Morgan fingerprint density at radius 3 is 1.53 bits per heavy atom. The van der Waals surface area contributed by atoms with Gasteiger partial charge in [-0.3, -0.25) is 0 Å². The van der Waals surface area contributed by atoms with Crippen LogP contribution < -0.4 is 0 Å². The van der Waals surface area contributed by atoms with E-state index < -0.39 is 0 Å². The van der Waals surface area contributed by atoms with Gasteiger partial charge >= 0.3 is 0 Å². The molecule has 0 N–H and O–H groups in total. The van der Waals surface area contributed by atoms with E-state index in [1.54, 1.807) is 0 Å². The molecular weight excluding hydrogens is 228 g/mol. The Balaban J connectivity index is 3.28. The van der Waals surface area contributed by atoms with Crippen molar-refractivity contribution in [1.82, 2.24) is 0 Å². The second-order valence-electron chi connectivity index (χ2n) is 5.43. The Morgan fingerprint density at radius 1 is 0.647 bits per heavy atom. The molecule has 0 aliphatic carbocycles. The number of hydrogen-bond donors (Lipinski definition) is 0. The van der Waals surface area contributed by atoms with Crippen molar-refractivity contribution in [2.75, 3.05) is 5.88 Å². The fourth-order valence-electron chi connectivity index (χ4n) is 2.37. The molecule has 104 valence electrons. The van der Waals surface area contributed by atoms with Gasteiger partial charge in [-0.15, -0.1) is 11.6 Å². The summed E-state index contributed by atoms with van der Waals surface area (Å²) in [4.78, 5) is 0. The maximum atomic E-state index is 6.04. The number of alkyl halides is 1. The van der Waals surface area contributed by atoms with E-state index in [9.17, 15) is 0 Å². The van der Waals surface area contributed by atoms with Gasteiger partial charge in [-0.2, -0.15) is 0 Å². The van der Waals surface area contributed by atoms with Crippen molar-refractivity contribution >= 4 is 11.6 Å². The van der Waals surface area contributed by atoms with Crippen LogP contribution in [0.2, 0.25) is 0 Å². The predicted octanol–water partition coefficient (Wildman–Crippen LogP) is 6.56. The maximum absolute atomic E-state index is 6.04. The quantitative estimate of drug-likeness (QED) is 0.260. The van der Waals surface area contributed by atoms with Crippen molar-refractivity contribution in [2.45, 2.75) is 90.9 Å². The van der Waals surface area contributed by atoms with E-state index in [0.29, 0.717) is 0 Å². The van der Waals surface area contributed by atoms with Crippen LogP contribution in [0.4, 0.5) is 0 Å². The number of halogens is 1. The molecule has 0 fully saturated rings. The van der Waals surface area contributed by atoms with Gasteiger partial charge < -0.3 is 0 Å². The molecule has 0 aliphatic heterocycles. The molecule has 0 aromatic rings. The molecule has 0 saturated carbocycles. The molecule has 1 unspecified atom stereocenters. The standard InChI is InChI=1S/C16H33Cl/c1-3-5-7-9-10-12-14-16(15-17)13-11-8-6-4-2/h16H,3-15H2,1-2H3. The van der Waals surface area contributed by atoms with Crippen LogP contribution in [0.1, 0.15) is 90.9 Å². The van der Waals surface area contributed by atoms with E-state index in [1.807, 2.05) is 0 Å². The highest BCUT2D eigenvalue weighted by molar-refractivity contribution is 6.18. The van der Waals surface area contributed by atoms with Crippen LogP contribution in [-0.4, -0.2) is 5.88 Å². The zero-order chi connectivity index (χ0) is 12.8. The van der Waals surface area contributed by atoms with Gasteiger partial charge in [0.1, 0.15) is 0 Å². The summed E-state index contributed by atoms with van der Waals surface area (Å²) in [6.07, 6.45) is 16.7. The van der Waals surface area contributed by atoms with Crippen molar-refractivity contribution in [1.29, 1.82) is 0 Å². The third-order valence-corrected chi connectivity index (χ3v) is 4.09. The van der Waals surface area contributed by atoms with E-state index >= 15 is 0 Å². The third-order valence-electron chi connectivity index (χ3n) is 3.65. The van der Waals surface area contributed by atoms with Gasteiger partial charge in [0.2, 0.25) is 0 Å². The van der Waals surface area contributed by atoms with Crippen LogP contribution in [0.3, 0.4) is 0 Å². The lowest BCUT2D eigenvalue weighted by Gasteiger charge is -2.13. The summed E-state index contributed by atoms with van der Waals surface area (Å²) in [5.41, 5.74) is 0. The van der Waals surface area contributed by atoms with Crippen LogP contribution in [-0.2, 0) is 0 Å². The molecule has 0 aromatic heterocycles. The van der Waals surface area contributed by atoms with E-state index in [4.69, 9.17) is 11.6 Å². The first-order chi connectivity index (χ1) is 8.35. The van der Waals surface area contributed by atoms with E-state index in [0.717, 1.165) is 11.8 Å². The minimum Gasteiger partial charge on any atom is -0.126 e. The minimum atomic E-state index is 0.791. The molecule has 0 radical (unpaired) electrons. The molecule has 0 nitrogen and oxygen atoms in total. The largest absolute Gasteiger partial charge is 0.126 e. The predicted molar refractivity (Wildman–Crippen MR) is 81.0 cm³/mol. The molecule has 0 spiro atoms. The summed E-state index contributed by atoms with van der Waals surface area (Å²) in [6, 6.07) is 0. The van der Waals surface area contributed by atoms with Crippen LogP contribution in [0, 0.1) is 5.92 Å². The maximum Gasteiger partial charge on any atom is 0.0251 e. The third kappa shape index (κ3) is 12.5. The Hall–Kier alpha value is 0.290. The van der Waals surface area contributed by atoms with E-state index in [-0.39, 0.29) is 0 Å². The van der Waals surface area contributed by atoms with Gasteiger partial charge in [0.25, 0.3) is 0 Å². The molecule has 0 rings (SSSR count). The highest BCUT2D eigenvalue weighted by Gasteiger charge is 2.06. The molecule has 0 amide bonds. The van der Waals surface area contributed by atoms with Crippen molar-refractivity contribution in [2.24, 2.45) is 5.92 Å². The Kier molecular flexibility index (Phi) is 14.6. The summed E-state index contributed by atoms with van der Waals surface area (Å²) < 4.78 is 0. The Morgan fingerprint density at radius 2 is 1.06 bits per heavy atom. The van der Waals surface area contributed by atoms with Crippen LogP contribution >= 0.6 is 11.6 Å². The van der Waals surface area contributed by atoms with Crippen molar-refractivity contribution in [3.8, 4) is 0 Å². The average Bonchev–Trinajstić information content (AvgIpc) is 2.36. The van der Waals surface area contributed by atoms with E-state index in [1.165, 1.54) is 77.0 Å². The van der Waals surface area contributed by atoms with Crippen LogP contribution in [0.25, 0.3) is 0 Å². The lowest BCUT2D eigenvalue weighted by Crippen LogP contribution is -2.02.